The second kappa shape index (κ2) is 9.01. The molecule has 0 saturated carbocycles. The maximum absolute atomic E-state index is 9.55. The lowest BCUT2D eigenvalue weighted by atomic mass is 10.3. The topological polar surface area (TPSA) is 103 Å². The highest BCUT2D eigenvalue weighted by molar-refractivity contribution is 6.31. The van der Waals surface area contributed by atoms with Crippen molar-refractivity contribution in [3.8, 4) is 0 Å². The van der Waals surface area contributed by atoms with E-state index in [0.29, 0.717) is 12.2 Å². The largest absolute Gasteiger partial charge is 0.478 e. The highest BCUT2D eigenvalue weighted by Gasteiger charge is 2.11. The molecule has 0 radical (unpaired) electrons. The number of nitrogens with zero attached hydrogens (tertiary/aromatic N) is 2. The molecule has 0 atom stereocenters. The van der Waals surface area contributed by atoms with Crippen LogP contribution in [0.1, 0.15) is 5.69 Å². The van der Waals surface area contributed by atoms with Crippen molar-refractivity contribution < 1.29 is 19.8 Å². The number of aryl methyl sites for hydroxylation is 1. The van der Waals surface area contributed by atoms with Gasteiger partial charge in [0, 0.05) is 38.3 Å². The Bertz CT molecular complexity index is 541. The maximum atomic E-state index is 9.55. The molecule has 1 saturated heterocycles. The zero-order valence-corrected chi connectivity index (χ0v) is 12.9. The van der Waals surface area contributed by atoms with Gasteiger partial charge in [-0.2, -0.15) is 0 Å². The van der Waals surface area contributed by atoms with Gasteiger partial charge in [0.2, 0.25) is 0 Å². The van der Waals surface area contributed by atoms with Crippen molar-refractivity contribution in [1.29, 1.82) is 0 Å². The molecule has 1 fully saturated rings. The Morgan fingerprint density at radius 1 is 1.27 bits per heavy atom. The number of hydrogen-bond donors (Lipinski definition) is 3. The van der Waals surface area contributed by atoms with Gasteiger partial charge < -0.3 is 20.4 Å². The van der Waals surface area contributed by atoms with Crippen molar-refractivity contribution in [2.75, 3.05) is 31.1 Å². The minimum absolute atomic E-state index is 0.558. The van der Waals surface area contributed by atoms with Crippen LogP contribution in [0.3, 0.4) is 0 Å². The van der Waals surface area contributed by atoms with E-state index in [0.717, 1.165) is 42.6 Å². The maximum Gasteiger partial charge on any atom is 0.328 e. The number of hydrogen-bond acceptors (Lipinski definition) is 5. The highest BCUT2D eigenvalue weighted by atomic mass is 35.5. The fourth-order valence-electron chi connectivity index (χ4n) is 1.73. The average molecular weight is 328 g/mol. The fourth-order valence-corrected chi connectivity index (χ4v) is 1.90. The summed E-state index contributed by atoms with van der Waals surface area (Å²) in [6.45, 7) is 6.04. The van der Waals surface area contributed by atoms with Gasteiger partial charge in [-0.05, 0) is 13.0 Å². The van der Waals surface area contributed by atoms with Crippen molar-refractivity contribution in [3.63, 3.8) is 0 Å². The molecule has 0 aromatic carbocycles. The van der Waals surface area contributed by atoms with E-state index in [9.17, 15) is 9.59 Å². The zero-order valence-electron chi connectivity index (χ0n) is 12.1. The van der Waals surface area contributed by atoms with Crippen LogP contribution in [0.5, 0.6) is 0 Å². The molecule has 2 heterocycles. The van der Waals surface area contributed by atoms with Crippen molar-refractivity contribution in [2.24, 2.45) is 0 Å². The summed E-state index contributed by atoms with van der Waals surface area (Å²) in [6.07, 6.45) is 3.01. The molecule has 0 amide bonds. The summed E-state index contributed by atoms with van der Waals surface area (Å²) in [5, 5.41) is 19.7. The first kappa shape index (κ1) is 17.9. The Balaban J connectivity index is 0.000000261. The lowest BCUT2D eigenvalue weighted by molar-refractivity contribution is -0.134. The van der Waals surface area contributed by atoms with E-state index in [1.807, 2.05) is 19.2 Å². The third-order valence-corrected chi connectivity index (χ3v) is 3.24. The summed E-state index contributed by atoms with van der Waals surface area (Å²) < 4.78 is 0. The number of aromatic nitrogens is 1. The minimum atomic E-state index is -1.26. The fraction of sp³-hybridized carbons (Fsp3) is 0.357. The molecule has 7 nitrogen and oxygen atoms in total. The molecule has 1 aromatic rings. The van der Waals surface area contributed by atoms with E-state index >= 15 is 0 Å². The van der Waals surface area contributed by atoms with Crippen molar-refractivity contribution in [3.05, 3.63) is 35.1 Å². The molecule has 22 heavy (non-hydrogen) atoms. The summed E-state index contributed by atoms with van der Waals surface area (Å²) >= 11 is 6.03. The number of anilines is 1. The SMILES string of the molecule is Cc1ncc(N2CCNCC2)cc1Cl.O=C(O)/C=C/C(=O)O. The summed E-state index contributed by atoms with van der Waals surface area (Å²) in [6, 6.07) is 2.00. The Labute approximate surface area is 133 Å². The van der Waals surface area contributed by atoms with Gasteiger partial charge in [-0.15, -0.1) is 0 Å². The summed E-state index contributed by atoms with van der Waals surface area (Å²) in [5.41, 5.74) is 2.02. The molecule has 3 N–H and O–H groups in total. The normalized spacial score (nSPS) is 14.4. The van der Waals surface area contributed by atoms with Gasteiger partial charge in [0.15, 0.2) is 0 Å². The second-order valence-electron chi connectivity index (χ2n) is 4.51. The van der Waals surface area contributed by atoms with E-state index < -0.39 is 11.9 Å². The number of pyridine rings is 1. The van der Waals surface area contributed by atoms with Gasteiger partial charge in [0.1, 0.15) is 0 Å². The second-order valence-corrected chi connectivity index (χ2v) is 4.91. The number of carboxylic acid groups (broad SMARTS) is 2. The Kier molecular flexibility index (Phi) is 7.34. The number of nitrogens with one attached hydrogen (secondary N) is 1. The van der Waals surface area contributed by atoms with Crippen LogP contribution in [0.2, 0.25) is 5.02 Å². The van der Waals surface area contributed by atoms with E-state index in [2.05, 4.69) is 15.2 Å². The lowest BCUT2D eigenvalue weighted by Gasteiger charge is -2.29. The van der Waals surface area contributed by atoms with Gasteiger partial charge in [0.05, 0.1) is 22.6 Å². The Hall–Kier alpha value is -2.12. The van der Waals surface area contributed by atoms with E-state index in [-0.39, 0.29) is 0 Å². The zero-order chi connectivity index (χ0) is 16.5. The first-order chi connectivity index (χ1) is 10.4. The quantitative estimate of drug-likeness (QED) is 0.716. The first-order valence-corrected chi connectivity index (χ1v) is 6.99. The van der Waals surface area contributed by atoms with E-state index in [1.54, 1.807) is 0 Å². The number of halogens is 1. The van der Waals surface area contributed by atoms with Crippen LogP contribution in [0.15, 0.2) is 24.4 Å². The van der Waals surface area contributed by atoms with E-state index in [4.69, 9.17) is 21.8 Å². The predicted molar refractivity (Wildman–Crippen MR) is 83.5 cm³/mol. The van der Waals surface area contributed by atoms with Crippen LogP contribution in [0, 0.1) is 6.92 Å². The highest BCUT2D eigenvalue weighted by Crippen LogP contribution is 2.20. The number of aliphatic carboxylic acids is 2. The third kappa shape index (κ3) is 6.55. The number of rotatable bonds is 3. The minimum Gasteiger partial charge on any atom is -0.478 e. The molecule has 0 spiro atoms. The van der Waals surface area contributed by atoms with Crippen LogP contribution in [-0.4, -0.2) is 53.3 Å². The molecule has 0 aliphatic carbocycles. The molecule has 1 aliphatic rings. The Morgan fingerprint density at radius 2 is 1.82 bits per heavy atom. The standard InChI is InChI=1S/C10H14ClN3.C4H4O4/c1-8-10(11)6-9(7-13-8)14-4-2-12-3-5-14;5-3(6)1-2-4(7)8/h6-7,12H,2-5H2,1H3;1-2H,(H,5,6)(H,7,8)/b;2-1+. The average Bonchev–Trinajstić information content (AvgIpc) is 2.49. The lowest BCUT2D eigenvalue weighted by Crippen LogP contribution is -2.43. The molecule has 1 aliphatic heterocycles. The van der Waals surface area contributed by atoms with Gasteiger partial charge in [0.25, 0.3) is 0 Å². The molecule has 1 aromatic heterocycles. The number of carboxylic acids is 2. The van der Waals surface area contributed by atoms with Gasteiger partial charge in [-0.25, -0.2) is 9.59 Å². The molecule has 0 bridgehead atoms. The molecular weight excluding hydrogens is 310 g/mol. The summed E-state index contributed by atoms with van der Waals surface area (Å²) in [7, 11) is 0. The summed E-state index contributed by atoms with van der Waals surface area (Å²) in [5.74, 6) is -2.51. The summed E-state index contributed by atoms with van der Waals surface area (Å²) in [4.78, 5) is 25.7. The number of piperazine rings is 1. The molecule has 2 rings (SSSR count). The Morgan fingerprint density at radius 3 is 2.27 bits per heavy atom. The molecule has 120 valence electrons. The van der Waals surface area contributed by atoms with Crippen LogP contribution < -0.4 is 10.2 Å². The van der Waals surface area contributed by atoms with Crippen LogP contribution >= 0.6 is 11.6 Å². The molecule has 0 unspecified atom stereocenters. The van der Waals surface area contributed by atoms with Crippen molar-refractivity contribution in [1.82, 2.24) is 10.3 Å². The van der Waals surface area contributed by atoms with Crippen LogP contribution in [0.4, 0.5) is 5.69 Å². The van der Waals surface area contributed by atoms with Crippen molar-refractivity contribution >= 4 is 29.2 Å². The molecule has 8 heteroatoms. The van der Waals surface area contributed by atoms with Crippen molar-refractivity contribution in [2.45, 2.75) is 6.92 Å². The number of carbonyl (C=O) groups is 2. The van der Waals surface area contributed by atoms with Gasteiger partial charge in [-0.3, -0.25) is 4.98 Å². The van der Waals surface area contributed by atoms with E-state index in [1.165, 1.54) is 0 Å². The smallest absolute Gasteiger partial charge is 0.328 e. The molecular formula is C14H18ClN3O4. The van der Waals surface area contributed by atoms with Crippen LogP contribution in [-0.2, 0) is 9.59 Å². The van der Waals surface area contributed by atoms with Crippen LogP contribution in [0.25, 0.3) is 0 Å². The van der Waals surface area contributed by atoms with Gasteiger partial charge >= 0.3 is 11.9 Å². The third-order valence-electron chi connectivity index (χ3n) is 2.86. The predicted octanol–water partition coefficient (Wildman–Crippen LogP) is 1.16. The first-order valence-electron chi connectivity index (χ1n) is 6.62. The monoisotopic (exact) mass is 327 g/mol. The van der Waals surface area contributed by atoms with Gasteiger partial charge in [-0.1, -0.05) is 11.6 Å².